The van der Waals surface area contributed by atoms with E-state index >= 15 is 0 Å². The first-order chi connectivity index (χ1) is 12.4. The number of ether oxygens (including phenoxy) is 2. The van der Waals surface area contributed by atoms with Crippen molar-refractivity contribution in [2.24, 2.45) is 0 Å². The van der Waals surface area contributed by atoms with E-state index in [1.807, 2.05) is 0 Å². The van der Waals surface area contributed by atoms with Crippen LogP contribution < -0.4 is 4.74 Å². The number of aromatic hydroxyl groups is 1. The molecule has 0 fully saturated rings. The fourth-order valence-corrected chi connectivity index (χ4v) is 2.65. The number of hydrogen-bond donors (Lipinski definition) is 2. The van der Waals surface area contributed by atoms with E-state index in [1.165, 1.54) is 24.3 Å². The third-order valence-corrected chi connectivity index (χ3v) is 4.51. The molecule has 0 saturated heterocycles. The maximum absolute atomic E-state index is 13.7. The highest BCUT2D eigenvalue weighted by Crippen LogP contribution is 2.39. The van der Waals surface area contributed by atoms with E-state index < -0.39 is 40.5 Å². The summed E-state index contributed by atoms with van der Waals surface area (Å²) in [5.74, 6) is -2.62. The van der Waals surface area contributed by atoms with Crippen LogP contribution in [0.5, 0.6) is 11.5 Å². The van der Waals surface area contributed by atoms with Crippen molar-refractivity contribution in [1.82, 2.24) is 0 Å². The fourth-order valence-electron chi connectivity index (χ4n) is 2.09. The van der Waals surface area contributed by atoms with Gasteiger partial charge in [0.2, 0.25) is 0 Å². The quantitative estimate of drug-likeness (QED) is 0.325. The molecule has 0 aliphatic rings. The van der Waals surface area contributed by atoms with Crippen molar-refractivity contribution in [3.63, 3.8) is 0 Å². The van der Waals surface area contributed by atoms with E-state index in [-0.39, 0.29) is 11.5 Å². The summed E-state index contributed by atoms with van der Waals surface area (Å²) in [7, 11) is -6.47. The van der Waals surface area contributed by atoms with Gasteiger partial charge in [-0.15, -0.1) is 0 Å². The lowest BCUT2D eigenvalue weighted by molar-refractivity contribution is -0.215. The van der Waals surface area contributed by atoms with Crippen molar-refractivity contribution in [3.05, 3.63) is 36.4 Å². The number of phenolic OH excluding ortho intramolecular Hbond substituents is 1. The Morgan fingerprint density at radius 1 is 1.07 bits per heavy atom. The van der Waals surface area contributed by atoms with Crippen LogP contribution in [0, 0.1) is 0 Å². The van der Waals surface area contributed by atoms with Crippen LogP contribution in [0.15, 0.2) is 36.4 Å². The van der Waals surface area contributed by atoms with Gasteiger partial charge in [0.05, 0.1) is 0 Å². The molecule has 2 rings (SSSR count). The number of esters is 1. The lowest BCUT2D eigenvalue weighted by Gasteiger charge is -2.22. The lowest BCUT2D eigenvalue weighted by Crippen LogP contribution is -2.55. The summed E-state index contributed by atoms with van der Waals surface area (Å²) in [5, 5.41) is 5.14. The molecule has 0 aromatic heterocycles. The van der Waals surface area contributed by atoms with Crippen LogP contribution in [0.2, 0.25) is 0 Å². The molecule has 0 heterocycles. The van der Waals surface area contributed by atoms with Gasteiger partial charge in [-0.05, 0) is 29.7 Å². The summed E-state index contributed by atoms with van der Waals surface area (Å²) in [5.41, 5.74) is 0. The maximum atomic E-state index is 13.7. The van der Waals surface area contributed by atoms with Crippen LogP contribution >= 0.6 is 0 Å². The Labute approximate surface area is 149 Å². The number of carbonyl (C=O) groups is 1. The summed E-state index contributed by atoms with van der Waals surface area (Å²) >= 11 is 0. The highest BCUT2D eigenvalue weighted by Gasteiger charge is 2.72. The Morgan fingerprint density at radius 3 is 2.33 bits per heavy atom. The largest absolute Gasteiger partial charge is 0.507 e. The minimum Gasteiger partial charge on any atom is -0.507 e. The molecule has 0 saturated carbocycles. The Balaban J connectivity index is 2.01. The number of halogens is 4. The van der Waals surface area contributed by atoms with Crippen molar-refractivity contribution < 1.29 is 49.9 Å². The Kier molecular flexibility index (Phi) is 5.52. The molecule has 2 aromatic rings. The van der Waals surface area contributed by atoms with E-state index in [1.54, 1.807) is 12.1 Å². The third kappa shape index (κ3) is 4.06. The van der Waals surface area contributed by atoms with Gasteiger partial charge in [-0.1, -0.05) is 12.1 Å². The molecule has 0 aliphatic heterocycles. The van der Waals surface area contributed by atoms with Gasteiger partial charge in [-0.3, -0.25) is 4.55 Å². The number of hydrogen-bond acceptors (Lipinski definition) is 6. The molecule has 0 radical (unpaired) electrons. The molecular formula is C15H12F4O7S. The molecule has 148 valence electrons. The highest BCUT2D eigenvalue weighted by atomic mass is 32.2. The average molecular weight is 412 g/mol. The van der Waals surface area contributed by atoms with Crippen LogP contribution in [0.25, 0.3) is 10.8 Å². The van der Waals surface area contributed by atoms with Crippen LogP contribution in [-0.4, -0.2) is 48.4 Å². The highest BCUT2D eigenvalue weighted by molar-refractivity contribution is 7.88. The Hall–Kier alpha value is -2.60. The predicted octanol–water partition coefficient (Wildman–Crippen LogP) is 2.58. The van der Waals surface area contributed by atoms with Crippen molar-refractivity contribution >= 4 is 26.9 Å². The van der Waals surface area contributed by atoms with Gasteiger partial charge in [0, 0.05) is 5.39 Å². The van der Waals surface area contributed by atoms with Crippen molar-refractivity contribution in [2.45, 2.75) is 11.2 Å². The molecule has 0 bridgehead atoms. The molecule has 2 aromatic carbocycles. The zero-order valence-corrected chi connectivity index (χ0v) is 14.1. The van der Waals surface area contributed by atoms with Crippen LogP contribution in [0.4, 0.5) is 17.6 Å². The molecular weight excluding hydrogens is 400 g/mol. The van der Waals surface area contributed by atoms with Crippen molar-refractivity contribution in [3.8, 4) is 11.5 Å². The second kappa shape index (κ2) is 7.19. The second-order valence-electron chi connectivity index (χ2n) is 5.21. The van der Waals surface area contributed by atoms with E-state index in [9.17, 15) is 35.9 Å². The summed E-state index contributed by atoms with van der Waals surface area (Å²) in [6.07, 6.45) is -6.24. The number of benzene rings is 2. The molecule has 0 spiro atoms. The van der Waals surface area contributed by atoms with Crippen LogP contribution in [0.1, 0.15) is 0 Å². The van der Waals surface area contributed by atoms with E-state index in [0.29, 0.717) is 10.8 Å². The number of fused-ring (bicyclic) bond motifs is 1. The topological polar surface area (TPSA) is 110 Å². The van der Waals surface area contributed by atoms with E-state index in [2.05, 4.69) is 4.74 Å². The van der Waals surface area contributed by atoms with Crippen LogP contribution in [0.3, 0.4) is 0 Å². The first-order valence-electron chi connectivity index (χ1n) is 7.12. The van der Waals surface area contributed by atoms with Gasteiger partial charge in [0.15, 0.2) is 0 Å². The number of alkyl halides is 4. The predicted molar refractivity (Wildman–Crippen MR) is 83.5 cm³/mol. The van der Waals surface area contributed by atoms with Gasteiger partial charge in [0.25, 0.3) is 0 Å². The maximum Gasteiger partial charge on any atom is 0.451 e. The molecule has 0 aliphatic carbocycles. The van der Waals surface area contributed by atoms with E-state index in [4.69, 9.17) is 9.29 Å². The standard InChI is InChI=1S/C15H12F4O7S/c16-14(15(17,18)19,27(22,23)24)13(21)26-7-6-25-10-4-5-11-9(8-10)2-1-3-12(11)20/h1-5,8,20H,6-7H2,(H,22,23,24). The van der Waals surface area contributed by atoms with Gasteiger partial charge in [0.1, 0.15) is 24.7 Å². The monoisotopic (exact) mass is 412 g/mol. The normalized spacial score (nSPS) is 14.6. The molecule has 0 amide bonds. The first kappa shape index (κ1) is 20.7. The van der Waals surface area contributed by atoms with E-state index in [0.717, 1.165) is 0 Å². The minimum absolute atomic E-state index is 0.0182. The molecule has 7 nitrogen and oxygen atoms in total. The third-order valence-electron chi connectivity index (χ3n) is 3.40. The molecule has 1 unspecified atom stereocenters. The molecule has 12 heteroatoms. The summed E-state index contributed by atoms with van der Waals surface area (Å²) in [4.78, 5) is 11.2. The fraction of sp³-hybridized carbons (Fsp3) is 0.267. The second-order valence-corrected chi connectivity index (χ2v) is 6.73. The van der Waals surface area contributed by atoms with Crippen molar-refractivity contribution in [2.75, 3.05) is 13.2 Å². The van der Waals surface area contributed by atoms with Crippen molar-refractivity contribution in [1.29, 1.82) is 0 Å². The number of phenols is 1. The van der Waals surface area contributed by atoms with Gasteiger partial charge in [-0.2, -0.15) is 21.6 Å². The summed E-state index contributed by atoms with van der Waals surface area (Å²) in [6, 6.07) is 9.06. The van der Waals surface area contributed by atoms with Crippen LogP contribution in [-0.2, 0) is 19.6 Å². The summed E-state index contributed by atoms with van der Waals surface area (Å²) < 4.78 is 90.1. The molecule has 2 N–H and O–H groups in total. The number of carbonyl (C=O) groups excluding carboxylic acids is 1. The zero-order chi connectivity index (χ0) is 20.5. The number of rotatable bonds is 6. The van der Waals surface area contributed by atoms with Gasteiger partial charge < -0.3 is 14.6 Å². The average Bonchev–Trinajstić information content (AvgIpc) is 2.55. The smallest absolute Gasteiger partial charge is 0.451 e. The molecule has 1 atom stereocenters. The zero-order valence-electron chi connectivity index (χ0n) is 13.2. The Bertz CT molecular complexity index is 958. The minimum atomic E-state index is -6.47. The van der Waals surface area contributed by atoms with Gasteiger partial charge in [-0.25, -0.2) is 9.18 Å². The summed E-state index contributed by atoms with van der Waals surface area (Å²) in [6.45, 7) is -1.45. The van der Waals surface area contributed by atoms with Gasteiger partial charge >= 0.3 is 27.3 Å². The molecule has 27 heavy (non-hydrogen) atoms. The lowest BCUT2D eigenvalue weighted by atomic mass is 10.1. The SMILES string of the molecule is O=C(OCCOc1ccc2c(O)cccc2c1)C(F)(C(F)(F)F)S(=O)(=O)O. The Morgan fingerprint density at radius 2 is 1.74 bits per heavy atom. The first-order valence-corrected chi connectivity index (χ1v) is 8.56.